The molecular weight excluding hydrogens is 308 g/mol. The molecule has 2 saturated heterocycles. The fourth-order valence-electron chi connectivity index (χ4n) is 3.49. The van der Waals surface area contributed by atoms with Gasteiger partial charge in [-0.1, -0.05) is 11.6 Å². The summed E-state index contributed by atoms with van der Waals surface area (Å²) >= 11 is 5.76. The van der Waals surface area contributed by atoms with Crippen LogP contribution in [0.3, 0.4) is 0 Å². The molecular formula is C15H17ClN2O4. The number of benzene rings is 1. The molecule has 6 nitrogen and oxygen atoms in total. The highest BCUT2D eigenvalue weighted by molar-refractivity contribution is 6.30. The van der Waals surface area contributed by atoms with Gasteiger partial charge in [-0.25, -0.2) is 0 Å². The molecule has 0 N–H and O–H groups in total. The number of rotatable bonds is 4. The number of carbonyl (C=O) groups excluding carboxylic acids is 1. The molecule has 1 amide bonds. The van der Waals surface area contributed by atoms with E-state index < -0.39 is 4.92 Å². The van der Waals surface area contributed by atoms with E-state index in [0.717, 1.165) is 25.7 Å². The molecule has 1 aromatic carbocycles. The Kier molecular flexibility index (Phi) is 4.20. The summed E-state index contributed by atoms with van der Waals surface area (Å²) in [5.41, 5.74) is -0.220. The zero-order valence-corrected chi connectivity index (χ0v) is 12.8. The Morgan fingerprint density at radius 2 is 2.00 bits per heavy atom. The molecule has 118 valence electrons. The highest BCUT2D eigenvalue weighted by atomic mass is 35.5. The van der Waals surface area contributed by atoms with Crippen molar-refractivity contribution in [2.75, 3.05) is 6.61 Å². The zero-order valence-electron chi connectivity index (χ0n) is 12.0. The minimum absolute atomic E-state index is 0.0760. The van der Waals surface area contributed by atoms with E-state index in [1.807, 2.05) is 4.90 Å². The van der Waals surface area contributed by atoms with E-state index in [4.69, 9.17) is 16.3 Å². The van der Waals surface area contributed by atoms with Crippen LogP contribution in [0, 0.1) is 10.1 Å². The molecule has 22 heavy (non-hydrogen) atoms. The summed E-state index contributed by atoms with van der Waals surface area (Å²) in [5.74, 6) is -0.0106. The maximum Gasteiger partial charge on any atom is 0.312 e. The minimum atomic E-state index is -0.559. The average Bonchev–Trinajstić information content (AvgIpc) is 2.75. The zero-order chi connectivity index (χ0) is 15.7. The molecule has 2 atom stereocenters. The lowest BCUT2D eigenvalue weighted by Gasteiger charge is -2.34. The lowest BCUT2D eigenvalue weighted by atomic mass is 10.0. The van der Waals surface area contributed by atoms with E-state index >= 15 is 0 Å². The monoisotopic (exact) mass is 324 g/mol. The predicted molar refractivity (Wildman–Crippen MR) is 81.1 cm³/mol. The second-order valence-corrected chi connectivity index (χ2v) is 6.21. The van der Waals surface area contributed by atoms with Crippen LogP contribution in [0.1, 0.15) is 32.1 Å². The number of nitro groups is 1. The third-order valence-corrected chi connectivity index (χ3v) is 4.69. The Morgan fingerprint density at radius 3 is 2.64 bits per heavy atom. The van der Waals surface area contributed by atoms with Crippen molar-refractivity contribution in [3.63, 3.8) is 0 Å². The maximum absolute atomic E-state index is 12.4. The fraction of sp³-hybridized carbons (Fsp3) is 0.533. The van der Waals surface area contributed by atoms with Gasteiger partial charge in [0.1, 0.15) is 0 Å². The topological polar surface area (TPSA) is 72.7 Å². The quantitative estimate of drug-likeness (QED) is 0.630. The van der Waals surface area contributed by atoms with Crippen molar-refractivity contribution in [1.82, 2.24) is 4.90 Å². The Morgan fingerprint density at radius 1 is 1.32 bits per heavy atom. The third-order valence-electron chi connectivity index (χ3n) is 4.45. The number of hydrogen-bond acceptors (Lipinski definition) is 4. The Hall–Kier alpha value is -1.82. The number of halogens is 1. The fourth-order valence-corrected chi connectivity index (χ4v) is 3.66. The summed E-state index contributed by atoms with van der Waals surface area (Å²) < 4.78 is 5.40. The molecule has 0 aliphatic carbocycles. The van der Waals surface area contributed by atoms with Gasteiger partial charge in [0.25, 0.3) is 5.91 Å². The Balaban J connectivity index is 1.68. The Labute approximate surface area is 133 Å². The number of amides is 1. The summed E-state index contributed by atoms with van der Waals surface area (Å²) in [7, 11) is 0. The molecule has 2 heterocycles. The SMILES string of the molecule is O=C(COc1ccc(Cl)cc1[N+](=O)[O-])N1C2CCCC1CC2. The van der Waals surface area contributed by atoms with Crippen molar-refractivity contribution in [3.05, 3.63) is 33.3 Å². The van der Waals surface area contributed by atoms with E-state index in [1.54, 1.807) is 0 Å². The summed E-state index contributed by atoms with van der Waals surface area (Å²) in [4.78, 5) is 24.8. The lowest BCUT2D eigenvalue weighted by molar-refractivity contribution is -0.385. The molecule has 1 aromatic rings. The maximum atomic E-state index is 12.4. The third kappa shape index (κ3) is 2.88. The number of ether oxygens (including phenoxy) is 1. The van der Waals surface area contributed by atoms with Gasteiger partial charge in [0.15, 0.2) is 12.4 Å². The molecule has 2 bridgehead atoms. The predicted octanol–water partition coefficient (Wildman–Crippen LogP) is 3.17. The van der Waals surface area contributed by atoms with Crippen LogP contribution in [0.5, 0.6) is 5.75 Å². The molecule has 2 aliphatic heterocycles. The number of carbonyl (C=O) groups is 1. The lowest BCUT2D eigenvalue weighted by Crippen LogP contribution is -2.46. The van der Waals surface area contributed by atoms with Gasteiger partial charge in [-0.15, -0.1) is 0 Å². The van der Waals surface area contributed by atoms with Gasteiger partial charge < -0.3 is 9.64 Å². The van der Waals surface area contributed by atoms with E-state index in [2.05, 4.69) is 0 Å². The molecule has 2 fully saturated rings. The van der Waals surface area contributed by atoms with Gasteiger partial charge in [-0.2, -0.15) is 0 Å². The highest BCUT2D eigenvalue weighted by Crippen LogP contribution is 2.36. The number of hydrogen-bond donors (Lipinski definition) is 0. The van der Waals surface area contributed by atoms with Crippen molar-refractivity contribution in [2.24, 2.45) is 0 Å². The molecule has 2 unspecified atom stereocenters. The summed E-state index contributed by atoms with van der Waals surface area (Å²) in [5, 5.41) is 11.3. The van der Waals surface area contributed by atoms with E-state index in [9.17, 15) is 14.9 Å². The molecule has 3 rings (SSSR count). The first-order chi connectivity index (χ1) is 10.6. The second kappa shape index (κ2) is 6.12. The van der Waals surface area contributed by atoms with Gasteiger partial charge in [-0.05, 0) is 44.2 Å². The van der Waals surface area contributed by atoms with Crippen LogP contribution in [0.4, 0.5) is 5.69 Å². The van der Waals surface area contributed by atoms with Crippen LogP contribution < -0.4 is 4.74 Å². The minimum Gasteiger partial charge on any atom is -0.477 e. The highest BCUT2D eigenvalue weighted by Gasteiger charge is 2.39. The largest absolute Gasteiger partial charge is 0.477 e. The first-order valence-electron chi connectivity index (χ1n) is 7.44. The van der Waals surface area contributed by atoms with Crippen molar-refractivity contribution < 1.29 is 14.5 Å². The van der Waals surface area contributed by atoms with Gasteiger partial charge in [0.05, 0.1) is 4.92 Å². The van der Waals surface area contributed by atoms with Crippen LogP contribution in [-0.4, -0.2) is 34.4 Å². The van der Waals surface area contributed by atoms with Gasteiger partial charge in [0, 0.05) is 23.2 Å². The summed E-state index contributed by atoms with van der Waals surface area (Å²) in [6.07, 6.45) is 5.37. The van der Waals surface area contributed by atoms with Crippen LogP contribution in [0.25, 0.3) is 0 Å². The first kappa shape index (κ1) is 15.1. The summed E-state index contributed by atoms with van der Waals surface area (Å²) in [6, 6.07) is 4.80. The molecule has 7 heteroatoms. The number of fused-ring (bicyclic) bond motifs is 2. The second-order valence-electron chi connectivity index (χ2n) is 5.77. The molecule has 0 saturated carbocycles. The van der Waals surface area contributed by atoms with Crippen molar-refractivity contribution in [1.29, 1.82) is 0 Å². The van der Waals surface area contributed by atoms with Gasteiger partial charge in [0.2, 0.25) is 0 Å². The van der Waals surface area contributed by atoms with Crippen LogP contribution in [-0.2, 0) is 4.79 Å². The van der Waals surface area contributed by atoms with Crippen molar-refractivity contribution >= 4 is 23.2 Å². The van der Waals surface area contributed by atoms with Crippen molar-refractivity contribution in [3.8, 4) is 5.75 Å². The molecule has 0 radical (unpaired) electrons. The number of nitrogens with zero attached hydrogens (tertiary/aromatic N) is 2. The van der Waals surface area contributed by atoms with Gasteiger partial charge in [-0.3, -0.25) is 14.9 Å². The van der Waals surface area contributed by atoms with Gasteiger partial charge >= 0.3 is 5.69 Å². The smallest absolute Gasteiger partial charge is 0.312 e. The summed E-state index contributed by atoms with van der Waals surface area (Å²) in [6.45, 7) is -0.171. The van der Waals surface area contributed by atoms with E-state index in [1.165, 1.54) is 24.6 Å². The van der Waals surface area contributed by atoms with Crippen molar-refractivity contribution in [2.45, 2.75) is 44.2 Å². The Bertz CT molecular complexity index is 591. The number of piperidine rings is 1. The normalized spacial score (nSPS) is 23.4. The van der Waals surface area contributed by atoms with Crippen LogP contribution in [0.2, 0.25) is 5.02 Å². The van der Waals surface area contributed by atoms with Crippen LogP contribution >= 0.6 is 11.6 Å². The molecule has 0 spiro atoms. The first-order valence-corrected chi connectivity index (χ1v) is 7.82. The molecule has 0 aromatic heterocycles. The van der Waals surface area contributed by atoms with E-state index in [0.29, 0.717) is 12.1 Å². The standard InChI is InChI=1S/C15H17ClN2O4/c16-10-4-7-14(13(8-10)18(20)21)22-9-15(19)17-11-2-1-3-12(17)6-5-11/h4,7-8,11-12H,1-3,5-6,9H2. The average molecular weight is 325 g/mol. The molecule has 2 aliphatic rings. The number of nitro benzene ring substituents is 1. The van der Waals surface area contributed by atoms with E-state index in [-0.39, 0.29) is 29.0 Å². The van der Waals surface area contributed by atoms with Crippen LogP contribution in [0.15, 0.2) is 18.2 Å².